The Morgan fingerprint density at radius 2 is 2.19 bits per heavy atom. The summed E-state index contributed by atoms with van der Waals surface area (Å²) in [6.07, 6.45) is 3.18. The Bertz CT molecular complexity index is 546. The first kappa shape index (κ1) is 15.6. The molecule has 1 unspecified atom stereocenters. The van der Waals surface area contributed by atoms with Crippen LogP contribution in [-0.4, -0.2) is 41.1 Å². The molecule has 1 amide bonds. The van der Waals surface area contributed by atoms with E-state index in [2.05, 4.69) is 0 Å². The van der Waals surface area contributed by atoms with Crippen molar-refractivity contribution in [2.24, 2.45) is 0 Å². The zero-order valence-corrected chi connectivity index (χ0v) is 12.6. The van der Waals surface area contributed by atoms with Crippen molar-refractivity contribution < 1.29 is 19.4 Å². The molecule has 0 spiro atoms. The average Bonchev–Trinajstić information content (AvgIpc) is 2.46. The summed E-state index contributed by atoms with van der Waals surface area (Å²) in [6.45, 7) is 2.71. The highest BCUT2D eigenvalue weighted by atomic mass is 35.5. The van der Waals surface area contributed by atoms with Crippen molar-refractivity contribution in [3.8, 4) is 5.75 Å². The first-order valence-electron chi connectivity index (χ1n) is 6.94. The van der Waals surface area contributed by atoms with Gasteiger partial charge in [0, 0.05) is 12.6 Å². The summed E-state index contributed by atoms with van der Waals surface area (Å²) < 4.78 is 5.42. The monoisotopic (exact) mass is 311 g/mol. The van der Waals surface area contributed by atoms with E-state index in [1.807, 2.05) is 11.8 Å². The Kier molecular flexibility index (Phi) is 5.07. The number of hydrogen-bond donors (Lipinski definition) is 1. The lowest BCUT2D eigenvalue weighted by Gasteiger charge is -2.33. The largest absolute Gasteiger partial charge is 0.482 e. The highest BCUT2D eigenvalue weighted by molar-refractivity contribution is 6.32. The van der Waals surface area contributed by atoms with Gasteiger partial charge in [-0.3, -0.25) is 4.79 Å². The van der Waals surface area contributed by atoms with E-state index in [0.29, 0.717) is 5.75 Å². The van der Waals surface area contributed by atoms with Crippen LogP contribution in [0.5, 0.6) is 5.75 Å². The quantitative estimate of drug-likeness (QED) is 0.928. The van der Waals surface area contributed by atoms with Crippen molar-refractivity contribution in [1.29, 1.82) is 0 Å². The van der Waals surface area contributed by atoms with Gasteiger partial charge in [0.2, 0.25) is 0 Å². The molecule has 1 N–H and O–H groups in total. The fourth-order valence-corrected chi connectivity index (χ4v) is 2.68. The van der Waals surface area contributed by atoms with Gasteiger partial charge in [-0.25, -0.2) is 4.79 Å². The summed E-state index contributed by atoms with van der Waals surface area (Å²) in [7, 11) is 0. The SMILES string of the molecule is CC1CCCCN1C(=O)COc1ccc(C(=O)O)cc1Cl. The van der Waals surface area contributed by atoms with Gasteiger partial charge in [0.25, 0.3) is 5.91 Å². The number of amides is 1. The van der Waals surface area contributed by atoms with Crippen LogP contribution in [0.3, 0.4) is 0 Å². The Hall–Kier alpha value is -1.75. The van der Waals surface area contributed by atoms with Crippen molar-refractivity contribution in [2.45, 2.75) is 32.2 Å². The van der Waals surface area contributed by atoms with Crippen LogP contribution >= 0.6 is 11.6 Å². The average molecular weight is 312 g/mol. The number of nitrogens with zero attached hydrogens (tertiary/aromatic N) is 1. The van der Waals surface area contributed by atoms with Crippen LogP contribution in [0, 0.1) is 0 Å². The molecule has 1 saturated heterocycles. The third-order valence-electron chi connectivity index (χ3n) is 3.65. The van der Waals surface area contributed by atoms with Crippen molar-refractivity contribution in [2.75, 3.05) is 13.2 Å². The number of benzene rings is 1. The molecule has 1 aliphatic heterocycles. The van der Waals surface area contributed by atoms with Crippen LogP contribution in [0.15, 0.2) is 18.2 Å². The summed E-state index contributed by atoms with van der Waals surface area (Å²) >= 11 is 5.96. The molecule has 6 heteroatoms. The molecule has 0 bridgehead atoms. The van der Waals surface area contributed by atoms with E-state index < -0.39 is 5.97 Å². The van der Waals surface area contributed by atoms with Crippen LogP contribution < -0.4 is 4.74 Å². The van der Waals surface area contributed by atoms with Crippen LogP contribution in [0.1, 0.15) is 36.5 Å². The summed E-state index contributed by atoms with van der Waals surface area (Å²) in [4.78, 5) is 24.8. The van der Waals surface area contributed by atoms with E-state index in [1.165, 1.54) is 18.2 Å². The number of hydrogen-bond acceptors (Lipinski definition) is 3. The third kappa shape index (κ3) is 3.88. The smallest absolute Gasteiger partial charge is 0.335 e. The lowest BCUT2D eigenvalue weighted by Crippen LogP contribution is -2.44. The third-order valence-corrected chi connectivity index (χ3v) is 3.95. The number of carboxylic acids is 1. The van der Waals surface area contributed by atoms with Crippen LogP contribution in [0.2, 0.25) is 5.02 Å². The van der Waals surface area contributed by atoms with E-state index in [1.54, 1.807) is 0 Å². The highest BCUT2D eigenvalue weighted by Crippen LogP contribution is 2.26. The van der Waals surface area contributed by atoms with E-state index in [9.17, 15) is 9.59 Å². The van der Waals surface area contributed by atoms with E-state index in [0.717, 1.165) is 25.8 Å². The molecule has 1 aromatic carbocycles. The van der Waals surface area contributed by atoms with E-state index in [4.69, 9.17) is 21.4 Å². The molecule has 0 aliphatic carbocycles. The molecule has 0 radical (unpaired) electrons. The predicted molar refractivity (Wildman–Crippen MR) is 78.9 cm³/mol. The number of carboxylic acid groups (broad SMARTS) is 1. The van der Waals surface area contributed by atoms with Crippen molar-refractivity contribution >= 4 is 23.5 Å². The second kappa shape index (κ2) is 6.80. The zero-order chi connectivity index (χ0) is 15.4. The second-order valence-corrected chi connectivity index (χ2v) is 5.58. The number of piperidine rings is 1. The minimum absolute atomic E-state index is 0.0689. The first-order valence-corrected chi connectivity index (χ1v) is 7.32. The number of ether oxygens (including phenoxy) is 1. The van der Waals surface area contributed by atoms with Crippen LogP contribution in [0.4, 0.5) is 0 Å². The maximum Gasteiger partial charge on any atom is 0.335 e. The Morgan fingerprint density at radius 3 is 2.81 bits per heavy atom. The summed E-state index contributed by atoms with van der Waals surface area (Å²) in [5.74, 6) is -0.804. The number of carbonyl (C=O) groups is 2. The number of likely N-dealkylation sites (tertiary alicyclic amines) is 1. The molecular formula is C15H18ClNO4. The molecule has 1 aromatic rings. The summed E-state index contributed by atoms with van der Waals surface area (Å²) in [5, 5.41) is 9.05. The Labute approximate surface area is 128 Å². The Balaban J connectivity index is 1.96. The Morgan fingerprint density at radius 1 is 1.43 bits per heavy atom. The summed E-state index contributed by atoms with van der Waals surface area (Å²) in [6, 6.07) is 4.42. The van der Waals surface area contributed by atoms with Gasteiger partial charge in [-0.1, -0.05) is 11.6 Å². The second-order valence-electron chi connectivity index (χ2n) is 5.17. The maximum absolute atomic E-state index is 12.1. The van der Waals surface area contributed by atoms with Gasteiger partial charge in [-0.2, -0.15) is 0 Å². The number of halogens is 1. The molecule has 114 valence electrons. The predicted octanol–water partition coefficient (Wildman–Crippen LogP) is 2.82. The standard InChI is InChI=1S/C15H18ClNO4/c1-10-4-2-3-7-17(10)14(18)9-21-13-6-5-11(15(19)20)8-12(13)16/h5-6,8,10H,2-4,7,9H2,1H3,(H,19,20). The first-order chi connectivity index (χ1) is 9.99. The minimum atomic E-state index is -1.05. The lowest BCUT2D eigenvalue weighted by molar-refractivity contribution is -0.136. The molecule has 0 saturated carbocycles. The molecule has 1 atom stereocenters. The van der Waals surface area contributed by atoms with E-state index >= 15 is 0 Å². The van der Waals surface area contributed by atoms with Gasteiger partial charge >= 0.3 is 5.97 Å². The summed E-state index contributed by atoms with van der Waals surface area (Å²) in [5.41, 5.74) is 0.0864. The zero-order valence-electron chi connectivity index (χ0n) is 11.8. The highest BCUT2D eigenvalue weighted by Gasteiger charge is 2.23. The molecule has 5 nitrogen and oxygen atoms in total. The lowest BCUT2D eigenvalue weighted by atomic mass is 10.0. The van der Waals surface area contributed by atoms with Gasteiger partial charge in [0.15, 0.2) is 6.61 Å². The normalized spacial score (nSPS) is 18.4. The van der Waals surface area contributed by atoms with Gasteiger partial charge in [-0.05, 0) is 44.4 Å². The molecular weight excluding hydrogens is 294 g/mol. The fourth-order valence-electron chi connectivity index (χ4n) is 2.44. The molecule has 0 aromatic heterocycles. The number of carbonyl (C=O) groups excluding carboxylic acids is 1. The van der Waals surface area contributed by atoms with Gasteiger partial charge in [-0.15, -0.1) is 0 Å². The number of rotatable bonds is 4. The van der Waals surface area contributed by atoms with Crippen LogP contribution in [-0.2, 0) is 4.79 Å². The minimum Gasteiger partial charge on any atom is -0.482 e. The number of aromatic carboxylic acids is 1. The van der Waals surface area contributed by atoms with Gasteiger partial charge in [0.1, 0.15) is 5.75 Å². The topological polar surface area (TPSA) is 66.8 Å². The molecule has 1 fully saturated rings. The van der Waals surface area contributed by atoms with Crippen molar-refractivity contribution in [3.63, 3.8) is 0 Å². The van der Waals surface area contributed by atoms with Gasteiger partial charge < -0.3 is 14.7 Å². The molecule has 21 heavy (non-hydrogen) atoms. The maximum atomic E-state index is 12.1. The fraction of sp³-hybridized carbons (Fsp3) is 0.467. The van der Waals surface area contributed by atoms with E-state index in [-0.39, 0.29) is 29.1 Å². The van der Waals surface area contributed by atoms with Crippen molar-refractivity contribution in [3.05, 3.63) is 28.8 Å². The van der Waals surface area contributed by atoms with Crippen molar-refractivity contribution in [1.82, 2.24) is 4.90 Å². The molecule has 2 rings (SSSR count). The van der Waals surface area contributed by atoms with Crippen LogP contribution in [0.25, 0.3) is 0 Å². The van der Waals surface area contributed by atoms with Gasteiger partial charge in [0.05, 0.1) is 10.6 Å². The molecule has 1 aliphatic rings. The molecule has 1 heterocycles.